The third-order valence-corrected chi connectivity index (χ3v) is 2.52. The number of anilines is 1. The molecule has 1 heterocycles. The summed E-state index contributed by atoms with van der Waals surface area (Å²) < 4.78 is 25.7. The van der Waals surface area contributed by atoms with E-state index >= 15 is 0 Å². The lowest BCUT2D eigenvalue weighted by atomic mass is 10.0. The molecule has 0 saturated heterocycles. The molecular weight excluding hydrogens is 238 g/mol. The van der Waals surface area contributed by atoms with Crippen molar-refractivity contribution in [3.8, 4) is 0 Å². The zero-order valence-corrected chi connectivity index (χ0v) is 9.36. The Bertz CT molecular complexity index is 599. The van der Waals surface area contributed by atoms with Crippen molar-refractivity contribution in [2.24, 2.45) is 0 Å². The van der Waals surface area contributed by atoms with Crippen molar-refractivity contribution < 1.29 is 13.6 Å². The van der Waals surface area contributed by atoms with Crippen molar-refractivity contribution in [1.29, 1.82) is 0 Å². The number of rotatable bonds is 3. The Hall–Kier alpha value is -2.30. The van der Waals surface area contributed by atoms with E-state index in [9.17, 15) is 13.6 Å². The van der Waals surface area contributed by atoms with Gasteiger partial charge in [0.05, 0.1) is 0 Å². The summed E-state index contributed by atoms with van der Waals surface area (Å²) in [4.78, 5) is 15.7. The van der Waals surface area contributed by atoms with E-state index in [0.29, 0.717) is 5.56 Å². The minimum Gasteiger partial charge on any atom is -0.383 e. The van der Waals surface area contributed by atoms with E-state index in [2.05, 4.69) is 4.98 Å². The second-order valence-electron chi connectivity index (χ2n) is 3.78. The van der Waals surface area contributed by atoms with E-state index in [-0.39, 0.29) is 23.6 Å². The quantitative estimate of drug-likeness (QED) is 0.848. The number of nitrogens with zero attached hydrogens (tertiary/aromatic N) is 1. The van der Waals surface area contributed by atoms with E-state index in [1.54, 1.807) is 12.1 Å². The molecule has 3 nitrogen and oxygen atoms in total. The molecule has 92 valence electrons. The zero-order chi connectivity index (χ0) is 13.1. The summed E-state index contributed by atoms with van der Waals surface area (Å²) in [6, 6.07) is 6.37. The van der Waals surface area contributed by atoms with Crippen molar-refractivity contribution in [3.05, 3.63) is 59.3 Å². The summed E-state index contributed by atoms with van der Waals surface area (Å²) in [6.07, 6.45) is 1.52. The number of halogens is 2. The standard InChI is InChI=1S/C13H10F2N2O/c14-10-4-3-8(6-11(10)15)12(18)7-9-2-1-5-17-13(9)16/h1-6H,7H2,(H2,16,17). The van der Waals surface area contributed by atoms with Crippen LogP contribution in [0.1, 0.15) is 15.9 Å². The number of aromatic nitrogens is 1. The van der Waals surface area contributed by atoms with Crippen LogP contribution in [0, 0.1) is 11.6 Å². The lowest BCUT2D eigenvalue weighted by molar-refractivity contribution is 0.0992. The molecule has 0 aliphatic heterocycles. The Balaban J connectivity index is 2.22. The molecule has 0 unspecified atom stereocenters. The number of ketones is 1. The number of nitrogen functional groups attached to an aromatic ring is 1. The number of hydrogen-bond acceptors (Lipinski definition) is 3. The van der Waals surface area contributed by atoms with Gasteiger partial charge in [-0.05, 0) is 24.3 Å². The number of carbonyl (C=O) groups excluding carboxylic acids is 1. The summed E-state index contributed by atoms with van der Waals surface area (Å²) in [5.74, 6) is -2.10. The summed E-state index contributed by atoms with van der Waals surface area (Å²) in [7, 11) is 0. The predicted molar refractivity (Wildman–Crippen MR) is 63.0 cm³/mol. The predicted octanol–water partition coefficient (Wildman–Crippen LogP) is 2.37. The van der Waals surface area contributed by atoms with Crippen molar-refractivity contribution in [1.82, 2.24) is 4.98 Å². The Labute approximate surface area is 102 Å². The third-order valence-electron chi connectivity index (χ3n) is 2.52. The van der Waals surface area contributed by atoms with Gasteiger partial charge in [0.25, 0.3) is 0 Å². The van der Waals surface area contributed by atoms with E-state index in [1.807, 2.05) is 0 Å². The van der Waals surface area contributed by atoms with Crippen LogP contribution < -0.4 is 5.73 Å². The normalized spacial score (nSPS) is 10.3. The molecular formula is C13H10F2N2O. The minimum absolute atomic E-state index is 0.00471. The number of benzene rings is 1. The molecule has 0 aliphatic rings. The van der Waals surface area contributed by atoms with Gasteiger partial charge in [0.2, 0.25) is 0 Å². The molecule has 1 aromatic carbocycles. The molecule has 0 aliphatic carbocycles. The maximum atomic E-state index is 13.0. The Kier molecular flexibility index (Phi) is 3.32. The van der Waals surface area contributed by atoms with Crippen LogP contribution in [0.25, 0.3) is 0 Å². The zero-order valence-electron chi connectivity index (χ0n) is 9.36. The van der Waals surface area contributed by atoms with Gasteiger partial charge in [0.1, 0.15) is 5.82 Å². The molecule has 0 amide bonds. The van der Waals surface area contributed by atoms with Gasteiger partial charge in [-0.2, -0.15) is 0 Å². The SMILES string of the molecule is Nc1ncccc1CC(=O)c1ccc(F)c(F)c1. The van der Waals surface area contributed by atoms with Crippen molar-refractivity contribution in [3.63, 3.8) is 0 Å². The largest absolute Gasteiger partial charge is 0.383 e. The van der Waals surface area contributed by atoms with Crippen molar-refractivity contribution in [2.45, 2.75) is 6.42 Å². The smallest absolute Gasteiger partial charge is 0.167 e. The summed E-state index contributed by atoms with van der Waals surface area (Å²) in [5.41, 5.74) is 6.27. The van der Waals surface area contributed by atoms with Crippen molar-refractivity contribution >= 4 is 11.6 Å². The summed E-state index contributed by atoms with van der Waals surface area (Å²) in [6.45, 7) is 0. The number of hydrogen-bond donors (Lipinski definition) is 1. The molecule has 0 atom stereocenters. The van der Waals surface area contributed by atoms with Crippen LogP contribution in [0.4, 0.5) is 14.6 Å². The first-order valence-electron chi connectivity index (χ1n) is 5.25. The maximum absolute atomic E-state index is 13.0. The van der Waals surface area contributed by atoms with E-state index in [1.165, 1.54) is 12.3 Å². The van der Waals surface area contributed by atoms with Gasteiger partial charge >= 0.3 is 0 Å². The van der Waals surface area contributed by atoms with Gasteiger partial charge in [0, 0.05) is 23.7 Å². The Morgan fingerprint density at radius 2 is 2.00 bits per heavy atom. The summed E-state index contributed by atoms with van der Waals surface area (Å²) >= 11 is 0. The van der Waals surface area contributed by atoms with Gasteiger partial charge in [-0.1, -0.05) is 6.07 Å². The highest BCUT2D eigenvalue weighted by Gasteiger charge is 2.12. The number of Topliss-reactive ketones (excluding diaryl/α,β-unsaturated/α-hetero) is 1. The fourth-order valence-corrected chi connectivity index (χ4v) is 1.54. The first-order chi connectivity index (χ1) is 8.58. The monoisotopic (exact) mass is 248 g/mol. The molecule has 0 spiro atoms. The van der Waals surface area contributed by atoms with Crippen LogP contribution >= 0.6 is 0 Å². The van der Waals surface area contributed by atoms with Gasteiger partial charge in [-0.25, -0.2) is 13.8 Å². The molecule has 0 fully saturated rings. The molecule has 2 aromatic rings. The van der Waals surface area contributed by atoms with E-state index < -0.39 is 11.6 Å². The number of nitrogens with two attached hydrogens (primary N) is 1. The number of pyridine rings is 1. The second-order valence-corrected chi connectivity index (χ2v) is 3.78. The average molecular weight is 248 g/mol. The van der Waals surface area contributed by atoms with Crippen LogP contribution in [0.3, 0.4) is 0 Å². The Morgan fingerprint density at radius 3 is 2.67 bits per heavy atom. The fraction of sp³-hybridized carbons (Fsp3) is 0.0769. The molecule has 2 N–H and O–H groups in total. The van der Waals surface area contributed by atoms with Crippen LogP contribution in [-0.2, 0) is 6.42 Å². The molecule has 5 heteroatoms. The van der Waals surface area contributed by atoms with Crippen LogP contribution in [-0.4, -0.2) is 10.8 Å². The third kappa shape index (κ3) is 2.51. The Morgan fingerprint density at radius 1 is 1.22 bits per heavy atom. The molecule has 0 radical (unpaired) electrons. The highest BCUT2D eigenvalue weighted by atomic mass is 19.2. The molecule has 0 bridgehead atoms. The number of carbonyl (C=O) groups is 1. The highest BCUT2D eigenvalue weighted by molar-refractivity contribution is 5.97. The molecule has 18 heavy (non-hydrogen) atoms. The lowest BCUT2D eigenvalue weighted by Crippen LogP contribution is -2.07. The lowest BCUT2D eigenvalue weighted by Gasteiger charge is -2.04. The highest BCUT2D eigenvalue weighted by Crippen LogP contribution is 2.14. The second kappa shape index (κ2) is 4.91. The fourth-order valence-electron chi connectivity index (χ4n) is 1.54. The van der Waals surface area contributed by atoms with Gasteiger partial charge in [-0.15, -0.1) is 0 Å². The minimum atomic E-state index is -1.04. The van der Waals surface area contributed by atoms with Crippen LogP contribution in [0.2, 0.25) is 0 Å². The van der Waals surface area contributed by atoms with E-state index in [4.69, 9.17) is 5.73 Å². The van der Waals surface area contributed by atoms with Gasteiger partial charge < -0.3 is 5.73 Å². The van der Waals surface area contributed by atoms with Crippen LogP contribution in [0.15, 0.2) is 36.5 Å². The first-order valence-corrected chi connectivity index (χ1v) is 5.25. The molecule has 1 aromatic heterocycles. The average Bonchev–Trinajstić information content (AvgIpc) is 2.35. The maximum Gasteiger partial charge on any atom is 0.167 e. The molecule has 2 rings (SSSR count). The van der Waals surface area contributed by atoms with Crippen molar-refractivity contribution in [2.75, 3.05) is 5.73 Å². The summed E-state index contributed by atoms with van der Waals surface area (Å²) in [5, 5.41) is 0. The molecule has 0 saturated carbocycles. The first kappa shape index (κ1) is 12.2. The van der Waals surface area contributed by atoms with E-state index in [0.717, 1.165) is 12.1 Å². The topological polar surface area (TPSA) is 56.0 Å². The van der Waals surface area contributed by atoms with Gasteiger partial charge in [-0.3, -0.25) is 4.79 Å². The van der Waals surface area contributed by atoms with Crippen LogP contribution in [0.5, 0.6) is 0 Å². The van der Waals surface area contributed by atoms with Gasteiger partial charge in [0.15, 0.2) is 17.4 Å².